The van der Waals surface area contributed by atoms with Gasteiger partial charge < -0.3 is 25.4 Å². The van der Waals surface area contributed by atoms with Crippen LogP contribution in [0.2, 0.25) is 0 Å². The Balaban J connectivity index is 4.19. The number of urea groups is 1. The van der Waals surface area contributed by atoms with Crippen LogP contribution in [0.15, 0.2) is 0 Å². The Kier molecular flexibility index (Phi) is 9.45. The monoisotopic (exact) mass is 373 g/mol. The Morgan fingerprint density at radius 2 is 1.35 bits per heavy atom. The highest BCUT2D eigenvalue weighted by Crippen LogP contribution is 2.12. The molecule has 0 aromatic heterocycles. The summed E-state index contributed by atoms with van der Waals surface area (Å²) in [5.74, 6) is -0.571. The lowest BCUT2D eigenvalue weighted by atomic mass is 10.0. The first-order valence-corrected chi connectivity index (χ1v) is 8.95. The Morgan fingerprint density at radius 3 is 1.81 bits per heavy atom. The van der Waals surface area contributed by atoms with E-state index in [1.54, 1.807) is 41.5 Å². The van der Waals surface area contributed by atoms with Crippen LogP contribution in [0.4, 0.5) is 9.59 Å². The van der Waals surface area contributed by atoms with Crippen molar-refractivity contribution in [2.75, 3.05) is 13.1 Å². The summed E-state index contributed by atoms with van der Waals surface area (Å²) in [7, 11) is 0. The highest BCUT2D eigenvalue weighted by molar-refractivity contribution is 5.84. The molecule has 0 saturated heterocycles. The zero-order valence-electron chi connectivity index (χ0n) is 17.3. The maximum atomic E-state index is 12.2. The van der Waals surface area contributed by atoms with E-state index in [0.29, 0.717) is 19.5 Å². The normalized spacial score (nSPS) is 13.0. The number of esters is 1. The predicted molar refractivity (Wildman–Crippen MR) is 99.9 cm³/mol. The van der Waals surface area contributed by atoms with Gasteiger partial charge in [-0.3, -0.25) is 0 Å². The maximum absolute atomic E-state index is 12.2. The van der Waals surface area contributed by atoms with Gasteiger partial charge in [0.1, 0.15) is 17.2 Å². The summed E-state index contributed by atoms with van der Waals surface area (Å²) in [6.07, 6.45) is 0.0394. The van der Waals surface area contributed by atoms with Crippen LogP contribution in [-0.4, -0.2) is 48.4 Å². The second-order valence-electron chi connectivity index (χ2n) is 8.44. The third-order valence-electron chi connectivity index (χ3n) is 2.92. The first-order valence-electron chi connectivity index (χ1n) is 8.95. The minimum absolute atomic E-state index is 0.107. The van der Waals surface area contributed by atoms with E-state index < -0.39 is 35.3 Å². The van der Waals surface area contributed by atoms with Crippen molar-refractivity contribution in [3.63, 3.8) is 0 Å². The van der Waals surface area contributed by atoms with Gasteiger partial charge in [-0.15, -0.1) is 0 Å². The number of carbonyl (C=O) groups is 3. The summed E-state index contributed by atoms with van der Waals surface area (Å²) in [5.41, 5.74) is -1.16. The number of rotatable bonds is 7. The lowest BCUT2D eigenvalue weighted by molar-refractivity contribution is -0.158. The fourth-order valence-corrected chi connectivity index (χ4v) is 1.85. The number of amides is 3. The second-order valence-corrected chi connectivity index (χ2v) is 8.44. The molecule has 0 aromatic rings. The van der Waals surface area contributed by atoms with Crippen LogP contribution >= 0.6 is 0 Å². The number of hydrogen-bond acceptors (Lipinski definition) is 5. The molecule has 0 saturated carbocycles. The molecule has 0 rings (SSSR count). The molecule has 0 heterocycles. The van der Waals surface area contributed by atoms with Crippen molar-refractivity contribution in [3.05, 3.63) is 0 Å². The van der Waals surface area contributed by atoms with Crippen LogP contribution in [-0.2, 0) is 14.3 Å². The molecule has 1 unspecified atom stereocenters. The van der Waals surface area contributed by atoms with Crippen LogP contribution in [0, 0.1) is 5.92 Å². The summed E-state index contributed by atoms with van der Waals surface area (Å²) >= 11 is 0. The Labute approximate surface area is 156 Å². The average Bonchev–Trinajstić information content (AvgIpc) is 2.39. The summed E-state index contributed by atoms with van der Waals surface area (Å²) in [5, 5.41) is 7.90. The van der Waals surface area contributed by atoms with Crippen LogP contribution in [0.3, 0.4) is 0 Å². The molecule has 0 spiro atoms. The minimum atomic E-state index is -0.728. The molecule has 0 aliphatic carbocycles. The average molecular weight is 373 g/mol. The van der Waals surface area contributed by atoms with Crippen molar-refractivity contribution in [2.24, 2.45) is 5.92 Å². The zero-order chi connectivity index (χ0) is 20.5. The largest absolute Gasteiger partial charge is 0.458 e. The first-order chi connectivity index (χ1) is 11.7. The second kappa shape index (κ2) is 10.2. The van der Waals surface area contributed by atoms with Crippen molar-refractivity contribution < 1.29 is 23.9 Å². The van der Waals surface area contributed by atoms with Gasteiger partial charge in [0.05, 0.1) is 0 Å². The highest BCUT2D eigenvalue weighted by atomic mass is 16.6. The van der Waals surface area contributed by atoms with Crippen molar-refractivity contribution in [1.29, 1.82) is 0 Å². The molecule has 0 radical (unpaired) electrons. The van der Waals surface area contributed by atoms with Crippen molar-refractivity contribution in [1.82, 2.24) is 16.0 Å². The smallest absolute Gasteiger partial charge is 0.407 e. The van der Waals surface area contributed by atoms with Gasteiger partial charge in [-0.25, -0.2) is 14.4 Å². The van der Waals surface area contributed by atoms with Gasteiger partial charge in [-0.1, -0.05) is 13.8 Å². The summed E-state index contributed by atoms with van der Waals surface area (Å²) < 4.78 is 10.4. The van der Waals surface area contributed by atoms with Crippen LogP contribution in [0.1, 0.15) is 61.8 Å². The molecule has 0 fully saturated rings. The Hall–Kier alpha value is -1.99. The highest BCUT2D eigenvalue weighted by Gasteiger charge is 2.29. The van der Waals surface area contributed by atoms with E-state index in [4.69, 9.17) is 9.47 Å². The van der Waals surface area contributed by atoms with Gasteiger partial charge in [-0.05, 0) is 53.9 Å². The standard InChI is InChI=1S/C18H35N3O5/c1-12(2)13(14(22)25-17(3,4)5)21-15(23)19-10-9-11-20-16(24)26-18(6,7)8/h12-13H,9-11H2,1-8H3,(H,20,24)(H2,19,21,23). The number of alkyl carbamates (subject to hydrolysis) is 1. The lowest BCUT2D eigenvalue weighted by Crippen LogP contribution is -2.50. The van der Waals surface area contributed by atoms with Crippen LogP contribution in [0.25, 0.3) is 0 Å². The van der Waals surface area contributed by atoms with Crippen molar-refractivity contribution in [2.45, 2.75) is 79.1 Å². The summed E-state index contributed by atoms with van der Waals surface area (Å²) in [6, 6.07) is -1.18. The van der Waals surface area contributed by atoms with Gasteiger partial charge in [0.25, 0.3) is 0 Å². The molecule has 0 aliphatic rings. The summed E-state index contributed by atoms with van der Waals surface area (Å²) in [4.78, 5) is 35.6. The number of nitrogens with one attached hydrogen (secondary N) is 3. The molecule has 1 atom stereocenters. The first kappa shape index (κ1) is 24.0. The molecule has 0 aliphatic heterocycles. The van der Waals surface area contributed by atoms with Gasteiger partial charge in [0, 0.05) is 13.1 Å². The minimum Gasteiger partial charge on any atom is -0.458 e. The van der Waals surface area contributed by atoms with Crippen LogP contribution in [0.5, 0.6) is 0 Å². The Morgan fingerprint density at radius 1 is 0.846 bits per heavy atom. The van der Waals surface area contributed by atoms with E-state index in [9.17, 15) is 14.4 Å². The third kappa shape index (κ3) is 12.4. The number of hydrogen-bond donors (Lipinski definition) is 3. The molecule has 26 heavy (non-hydrogen) atoms. The molecule has 8 nitrogen and oxygen atoms in total. The van der Waals surface area contributed by atoms with Crippen molar-refractivity contribution >= 4 is 18.1 Å². The van der Waals surface area contributed by atoms with E-state index >= 15 is 0 Å². The number of carbonyl (C=O) groups excluding carboxylic acids is 3. The van der Waals surface area contributed by atoms with Gasteiger partial charge in [0.15, 0.2) is 0 Å². The topological polar surface area (TPSA) is 106 Å². The molecule has 3 N–H and O–H groups in total. The third-order valence-corrected chi connectivity index (χ3v) is 2.92. The molecular formula is C18H35N3O5. The molecule has 0 aromatic carbocycles. The van der Waals surface area contributed by atoms with E-state index in [-0.39, 0.29) is 5.92 Å². The fourth-order valence-electron chi connectivity index (χ4n) is 1.85. The molecular weight excluding hydrogens is 338 g/mol. The van der Waals surface area contributed by atoms with E-state index in [1.165, 1.54) is 0 Å². The molecule has 152 valence electrons. The number of ether oxygens (including phenoxy) is 2. The maximum Gasteiger partial charge on any atom is 0.407 e. The zero-order valence-corrected chi connectivity index (χ0v) is 17.3. The molecule has 3 amide bonds. The van der Waals surface area contributed by atoms with Crippen LogP contribution < -0.4 is 16.0 Å². The van der Waals surface area contributed by atoms with E-state index in [1.807, 2.05) is 13.8 Å². The van der Waals surface area contributed by atoms with E-state index in [2.05, 4.69) is 16.0 Å². The molecule has 8 heteroatoms. The van der Waals surface area contributed by atoms with E-state index in [0.717, 1.165) is 0 Å². The lowest BCUT2D eigenvalue weighted by Gasteiger charge is -2.26. The predicted octanol–water partition coefficient (Wildman–Crippen LogP) is 2.57. The quantitative estimate of drug-likeness (QED) is 0.470. The van der Waals surface area contributed by atoms with Gasteiger partial charge in [-0.2, -0.15) is 0 Å². The Bertz CT molecular complexity index is 478. The van der Waals surface area contributed by atoms with Crippen molar-refractivity contribution in [3.8, 4) is 0 Å². The molecule has 0 bridgehead atoms. The SMILES string of the molecule is CC(C)C(NC(=O)NCCCNC(=O)OC(C)(C)C)C(=O)OC(C)(C)C. The summed E-state index contributed by atoms with van der Waals surface area (Å²) in [6.45, 7) is 15.1. The van der Waals surface area contributed by atoms with Gasteiger partial charge >= 0.3 is 18.1 Å². The van der Waals surface area contributed by atoms with Gasteiger partial charge in [0.2, 0.25) is 0 Å². The fraction of sp³-hybridized carbons (Fsp3) is 0.833.